The van der Waals surface area contributed by atoms with Crippen LogP contribution in [0.1, 0.15) is 59.0 Å². The molecule has 7 heteroatoms. The van der Waals surface area contributed by atoms with Crippen LogP contribution in [0.4, 0.5) is 10.2 Å². The van der Waals surface area contributed by atoms with Crippen LogP contribution in [0, 0.1) is 25.6 Å². The fraction of sp³-hybridized carbons (Fsp3) is 0.400. The summed E-state index contributed by atoms with van der Waals surface area (Å²) in [6, 6.07) is 11.2. The summed E-state index contributed by atoms with van der Waals surface area (Å²) in [4.78, 5) is 15.7. The third kappa shape index (κ3) is 4.57. The first-order valence-electron chi connectivity index (χ1n) is 13.0. The quantitative estimate of drug-likeness (QED) is 0.415. The number of ether oxygens (including phenoxy) is 2. The highest BCUT2D eigenvalue weighted by atomic mass is 19.1. The molecule has 2 aromatic carbocycles. The van der Waals surface area contributed by atoms with Crippen molar-refractivity contribution >= 4 is 11.8 Å². The number of anilines is 1. The van der Waals surface area contributed by atoms with Crippen LogP contribution >= 0.6 is 0 Å². The maximum absolute atomic E-state index is 15.2. The highest BCUT2D eigenvalue weighted by Gasteiger charge is 2.44. The monoisotopic (exact) mass is 502 g/mol. The van der Waals surface area contributed by atoms with Crippen molar-refractivity contribution in [3.05, 3.63) is 76.2 Å². The topological polar surface area (TPSA) is 80.7 Å². The summed E-state index contributed by atoms with van der Waals surface area (Å²) in [5.41, 5.74) is 7.11. The van der Waals surface area contributed by atoms with Crippen molar-refractivity contribution in [1.82, 2.24) is 4.98 Å². The Hall–Kier alpha value is -3.45. The number of carboxylic acids is 1. The maximum atomic E-state index is 15.2. The zero-order valence-electron chi connectivity index (χ0n) is 21.1. The first-order valence-corrected chi connectivity index (χ1v) is 13.0. The summed E-state index contributed by atoms with van der Waals surface area (Å²) in [6.07, 6.45) is 4.95. The van der Waals surface area contributed by atoms with Gasteiger partial charge in [-0.05, 0) is 96.7 Å². The van der Waals surface area contributed by atoms with E-state index >= 15 is 4.39 Å². The number of carbonyl (C=O) groups is 1. The van der Waals surface area contributed by atoms with Gasteiger partial charge in [-0.2, -0.15) is 0 Å². The molecule has 2 heterocycles. The molecule has 1 unspecified atom stereocenters. The van der Waals surface area contributed by atoms with Gasteiger partial charge in [-0.25, -0.2) is 9.37 Å². The summed E-state index contributed by atoms with van der Waals surface area (Å²) in [5.74, 6) is 0.299. The number of nitrogens with one attached hydrogen (secondary N) is 1. The number of halogens is 1. The van der Waals surface area contributed by atoms with E-state index < -0.39 is 5.97 Å². The highest BCUT2D eigenvalue weighted by Crippen LogP contribution is 2.48. The maximum Gasteiger partial charge on any atom is 0.307 e. The molecule has 6 rings (SSSR count). The molecule has 2 aliphatic carbocycles. The zero-order valence-corrected chi connectivity index (χ0v) is 21.1. The summed E-state index contributed by atoms with van der Waals surface area (Å²) < 4.78 is 26.8. The van der Waals surface area contributed by atoms with E-state index in [0.717, 1.165) is 65.0 Å². The Morgan fingerprint density at radius 3 is 2.62 bits per heavy atom. The Morgan fingerprint density at radius 1 is 1.16 bits per heavy atom. The molecule has 3 aliphatic rings. The van der Waals surface area contributed by atoms with Crippen molar-refractivity contribution in [2.24, 2.45) is 5.92 Å². The molecule has 0 spiro atoms. The first-order chi connectivity index (χ1) is 17.9. The van der Waals surface area contributed by atoms with Gasteiger partial charge in [-0.15, -0.1) is 0 Å². The second kappa shape index (κ2) is 9.45. The molecular formula is C30H31FN2O4. The average molecular weight is 503 g/mol. The van der Waals surface area contributed by atoms with Crippen LogP contribution in [0.2, 0.25) is 0 Å². The fourth-order valence-electron chi connectivity index (χ4n) is 6.03. The molecule has 1 aliphatic heterocycles. The lowest BCUT2D eigenvalue weighted by Crippen LogP contribution is -2.15. The predicted molar refractivity (Wildman–Crippen MR) is 139 cm³/mol. The Bertz CT molecular complexity index is 1330. The van der Waals surface area contributed by atoms with Crippen molar-refractivity contribution in [2.75, 3.05) is 18.5 Å². The molecule has 2 N–H and O–H groups in total. The van der Waals surface area contributed by atoms with Gasteiger partial charge >= 0.3 is 5.97 Å². The predicted octanol–water partition coefficient (Wildman–Crippen LogP) is 5.96. The number of rotatable bonds is 7. The third-order valence-corrected chi connectivity index (χ3v) is 7.95. The normalized spacial score (nSPS) is 24.1. The molecule has 2 fully saturated rings. The Morgan fingerprint density at radius 2 is 1.97 bits per heavy atom. The largest absolute Gasteiger partial charge is 0.488 e. The van der Waals surface area contributed by atoms with Crippen molar-refractivity contribution in [3.63, 3.8) is 0 Å². The molecule has 3 aromatic rings. The molecule has 1 saturated carbocycles. The molecule has 4 atom stereocenters. The molecule has 192 valence electrons. The van der Waals surface area contributed by atoms with Crippen LogP contribution < -0.4 is 10.1 Å². The number of aliphatic carboxylic acids is 1. The second-order valence-corrected chi connectivity index (χ2v) is 10.5. The number of aryl methyl sites for hydroxylation is 2. The van der Waals surface area contributed by atoms with Crippen molar-refractivity contribution in [1.29, 1.82) is 0 Å². The van der Waals surface area contributed by atoms with E-state index in [-0.39, 0.29) is 29.8 Å². The third-order valence-electron chi connectivity index (χ3n) is 7.95. The van der Waals surface area contributed by atoms with Crippen molar-refractivity contribution < 1.29 is 23.8 Å². The minimum Gasteiger partial charge on any atom is -0.488 e. The zero-order chi connectivity index (χ0) is 25.7. The Labute approximate surface area is 215 Å². The molecule has 37 heavy (non-hydrogen) atoms. The molecule has 0 bridgehead atoms. The van der Waals surface area contributed by atoms with E-state index in [1.165, 1.54) is 0 Å². The summed E-state index contributed by atoms with van der Waals surface area (Å²) in [6.45, 7) is 5.53. The second-order valence-electron chi connectivity index (χ2n) is 10.5. The Balaban J connectivity index is 1.24. The molecule has 6 nitrogen and oxygen atoms in total. The number of nitrogens with zero attached hydrogens (tertiary/aromatic N) is 1. The van der Waals surface area contributed by atoms with Crippen LogP contribution in [0.5, 0.6) is 5.75 Å². The molecule has 1 saturated heterocycles. The summed E-state index contributed by atoms with van der Waals surface area (Å²) in [5, 5.41) is 12.6. The van der Waals surface area contributed by atoms with Gasteiger partial charge in [0.1, 0.15) is 23.5 Å². The lowest BCUT2D eigenvalue weighted by atomic mass is 9.90. The molecule has 0 radical (unpaired) electrons. The summed E-state index contributed by atoms with van der Waals surface area (Å²) >= 11 is 0. The SMILES string of the molecule is Cc1cc(O[C@H]2CCOC2)cc(C)c1-c1ccc(F)c2c1CCC2Nc1ccc([C@@H]2C[C@H]2C(=O)O)cn1. The number of fused-ring (bicyclic) bond motifs is 1. The lowest BCUT2D eigenvalue weighted by molar-refractivity contribution is -0.138. The number of benzene rings is 2. The van der Waals surface area contributed by atoms with E-state index in [2.05, 4.69) is 36.3 Å². The minimum atomic E-state index is -0.753. The fourth-order valence-corrected chi connectivity index (χ4v) is 6.03. The van der Waals surface area contributed by atoms with Crippen molar-refractivity contribution in [3.8, 4) is 16.9 Å². The van der Waals surface area contributed by atoms with E-state index in [1.807, 2.05) is 18.2 Å². The van der Waals surface area contributed by atoms with Gasteiger partial charge < -0.3 is 19.9 Å². The minimum absolute atomic E-state index is 0.0426. The molecular weight excluding hydrogens is 471 g/mol. The number of hydrogen-bond acceptors (Lipinski definition) is 5. The van der Waals surface area contributed by atoms with Gasteiger partial charge in [0.15, 0.2) is 0 Å². The van der Waals surface area contributed by atoms with E-state index in [9.17, 15) is 9.90 Å². The smallest absolute Gasteiger partial charge is 0.307 e. The van der Waals surface area contributed by atoms with Gasteiger partial charge in [0, 0.05) is 18.2 Å². The van der Waals surface area contributed by atoms with Gasteiger partial charge in [0.05, 0.1) is 25.2 Å². The standard InChI is InChI=1S/C30H31FN2O4/c1-16-11-20(37-19-9-10-36-15-19)12-17(2)28(16)21-4-6-25(31)29-22(21)5-7-26(29)33-27-8-3-18(14-32-27)23-13-24(23)30(34)35/h3-4,6,8,11-12,14,19,23-24,26H,5,7,9-10,13,15H2,1-2H3,(H,32,33)(H,34,35)/t19-,23-,24+,26?/m0/s1. The number of aromatic nitrogens is 1. The van der Waals surface area contributed by atoms with E-state index in [4.69, 9.17) is 9.47 Å². The summed E-state index contributed by atoms with van der Waals surface area (Å²) in [7, 11) is 0. The number of pyridine rings is 1. The van der Waals surface area contributed by atoms with Gasteiger partial charge in [0.25, 0.3) is 0 Å². The highest BCUT2D eigenvalue weighted by molar-refractivity contribution is 5.77. The van der Waals surface area contributed by atoms with Crippen molar-refractivity contribution in [2.45, 2.75) is 57.6 Å². The van der Waals surface area contributed by atoms with Crippen LogP contribution in [0.3, 0.4) is 0 Å². The van der Waals surface area contributed by atoms with E-state index in [1.54, 1.807) is 12.3 Å². The van der Waals surface area contributed by atoms with Gasteiger partial charge in [-0.3, -0.25) is 4.79 Å². The average Bonchev–Trinajstić information content (AvgIpc) is 3.30. The lowest BCUT2D eigenvalue weighted by Gasteiger charge is -2.20. The van der Waals surface area contributed by atoms with Gasteiger partial charge in [0.2, 0.25) is 0 Å². The van der Waals surface area contributed by atoms with E-state index in [0.29, 0.717) is 24.4 Å². The van der Waals surface area contributed by atoms with Crippen LogP contribution in [0.25, 0.3) is 11.1 Å². The molecule has 1 aromatic heterocycles. The molecule has 0 amide bonds. The van der Waals surface area contributed by atoms with Crippen LogP contribution in [0.15, 0.2) is 42.6 Å². The van der Waals surface area contributed by atoms with Gasteiger partial charge in [-0.1, -0.05) is 12.1 Å². The van der Waals surface area contributed by atoms with Crippen LogP contribution in [-0.2, 0) is 16.0 Å². The number of hydrogen-bond donors (Lipinski definition) is 2. The van der Waals surface area contributed by atoms with Crippen LogP contribution in [-0.4, -0.2) is 35.4 Å². The first kappa shape index (κ1) is 23.9. The number of carboxylic acid groups (broad SMARTS) is 1. The Kier molecular flexibility index (Phi) is 6.11.